The van der Waals surface area contributed by atoms with Gasteiger partial charge >= 0.3 is 17.9 Å². The van der Waals surface area contributed by atoms with Gasteiger partial charge in [-0.05, 0) is 96.3 Å². The molecule has 0 saturated heterocycles. The molecule has 0 heterocycles. The van der Waals surface area contributed by atoms with E-state index < -0.39 is 12.1 Å². The molecule has 0 fully saturated rings. The highest BCUT2D eigenvalue weighted by atomic mass is 16.6. The van der Waals surface area contributed by atoms with Crippen LogP contribution in [0, 0.1) is 0 Å². The Morgan fingerprint density at radius 2 is 0.646 bits per heavy atom. The van der Waals surface area contributed by atoms with Gasteiger partial charge in [0.05, 0.1) is 6.42 Å². The summed E-state index contributed by atoms with van der Waals surface area (Å²) in [6.45, 7) is 6.24. The second-order valence-electron chi connectivity index (χ2n) is 16.3. The van der Waals surface area contributed by atoms with Crippen molar-refractivity contribution in [3.8, 4) is 0 Å². The van der Waals surface area contributed by atoms with Crippen LogP contribution in [0.25, 0.3) is 0 Å². The summed E-state index contributed by atoms with van der Waals surface area (Å²) in [4.78, 5) is 37.7. The minimum atomic E-state index is -0.840. The molecule has 0 aliphatic rings. The van der Waals surface area contributed by atoms with E-state index >= 15 is 0 Å². The molecular formula is C59H92O6. The van der Waals surface area contributed by atoms with Crippen molar-refractivity contribution in [1.29, 1.82) is 0 Å². The molecule has 0 aromatic rings. The quantitative estimate of drug-likeness (QED) is 0.0262. The molecule has 0 spiro atoms. The summed E-state index contributed by atoms with van der Waals surface area (Å²) in [5, 5.41) is 0. The summed E-state index contributed by atoms with van der Waals surface area (Å²) in [5.74, 6) is -1.09. The second kappa shape index (κ2) is 52.2. The van der Waals surface area contributed by atoms with Crippen LogP contribution in [-0.4, -0.2) is 37.2 Å². The lowest BCUT2D eigenvalue weighted by atomic mass is 10.1. The van der Waals surface area contributed by atoms with Gasteiger partial charge in [0, 0.05) is 12.8 Å². The average molecular weight is 897 g/mol. The van der Waals surface area contributed by atoms with Crippen molar-refractivity contribution in [1.82, 2.24) is 0 Å². The first kappa shape index (κ1) is 60.5. The topological polar surface area (TPSA) is 78.9 Å². The minimum absolute atomic E-state index is 0.0886. The summed E-state index contributed by atoms with van der Waals surface area (Å²) in [6, 6.07) is 0. The Kier molecular flexibility index (Phi) is 48.6. The standard InChI is InChI=1S/C59H92O6/c1-4-7-10-13-16-18-20-22-24-25-26-27-28-29-30-31-32-33-35-36-38-40-43-46-49-52-58(61)64-55-56(54-63-57(60)51-48-45-42-15-12-9-6-3)65-59(62)53-50-47-44-41-39-37-34-23-21-19-17-14-11-8-5-2/h7-8,10-11,16-19,22-24,26-27,29-30,32-34,39,41,47,50,56H,4-6,9,12-15,20-21,25,28,31,35-38,40,42-46,48-49,51-55H2,1-3H3/b10-7-,11-8-,18-16-,19-17-,24-22-,27-26-,30-29-,33-32-,34-23-,41-39-,50-47-. The van der Waals surface area contributed by atoms with Gasteiger partial charge < -0.3 is 14.2 Å². The number of rotatable bonds is 44. The van der Waals surface area contributed by atoms with E-state index in [1.54, 1.807) is 6.08 Å². The van der Waals surface area contributed by atoms with Gasteiger partial charge in [-0.1, -0.05) is 219 Å². The molecule has 0 aromatic carbocycles. The lowest BCUT2D eigenvalue weighted by Crippen LogP contribution is -2.30. The zero-order valence-electron chi connectivity index (χ0n) is 41.4. The number of carbonyl (C=O) groups excluding carboxylic acids is 3. The van der Waals surface area contributed by atoms with Crippen molar-refractivity contribution in [2.24, 2.45) is 0 Å². The fraction of sp³-hybridized carbons (Fsp3) is 0.576. The molecule has 0 radical (unpaired) electrons. The van der Waals surface area contributed by atoms with Crippen LogP contribution in [0.15, 0.2) is 134 Å². The fourth-order valence-electron chi connectivity index (χ4n) is 6.40. The smallest absolute Gasteiger partial charge is 0.310 e. The highest BCUT2D eigenvalue weighted by molar-refractivity contribution is 5.72. The van der Waals surface area contributed by atoms with E-state index in [0.717, 1.165) is 116 Å². The highest BCUT2D eigenvalue weighted by Gasteiger charge is 2.19. The first-order chi connectivity index (χ1) is 32.0. The summed E-state index contributed by atoms with van der Waals surface area (Å²) < 4.78 is 16.6. The van der Waals surface area contributed by atoms with Crippen LogP contribution in [-0.2, 0) is 28.6 Å². The Morgan fingerprint density at radius 1 is 0.338 bits per heavy atom. The Hall–Kier alpha value is -4.45. The molecule has 0 aliphatic heterocycles. The van der Waals surface area contributed by atoms with E-state index in [4.69, 9.17) is 14.2 Å². The molecule has 6 heteroatoms. The second-order valence-corrected chi connectivity index (χ2v) is 16.3. The zero-order chi connectivity index (χ0) is 47.2. The molecule has 0 saturated carbocycles. The van der Waals surface area contributed by atoms with Gasteiger partial charge in [0.1, 0.15) is 13.2 Å². The van der Waals surface area contributed by atoms with E-state index in [0.29, 0.717) is 19.3 Å². The molecular weight excluding hydrogens is 805 g/mol. The van der Waals surface area contributed by atoms with E-state index in [2.05, 4.69) is 142 Å². The summed E-state index contributed by atoms with van der Waals surface area (Å²) in [7, 11) is 0. The van der Waals surface area contributed by atoms with Crippen LogP contribution < -0.4 is 0 Å². The largest absolute Gasteiger partial charge is 0.462 e. The number of hydrogen-bond donors (Lipinski definition) is 0. The molecule has 1 unspecified atom stereocenters. The van der Waals surface area contributed by atoms with Gasteiger partial charge in [0.25, 0.3) is 0 Å². The molecule has 0 aliphatic carbocycles. The number of esters is 3. The molecule has 0 bridgehead atoms. The van der Waals surface area contributed by atoms with Crippen molar-refractivity contribution in [3.63, 3.8) is 0 Å². The lowest BCUT2D eigenvalue weighted by Gasteiger charge is -2.18. The predicted molar refractivity (Wildman–Crippen MR) is 279 cm³/mol. The van der Waals surface area contributed by atoms with Gasteiger partial charge in [0.2, 0.25) is 0 Å². The fourth-order valence-corrected chi connectivity index (χ4v) is 6.40. The van der Waals surface area contributed by atoms with Gasteiger partial charge in [-0.3, -0.25) is 14.4 Å². The zero-order valence-corrected chi connectivity index (χ0v) is 41.4. The number of hydrogen-bond acceptors (Lipinski definition) is 6. The average Bonchev–Trinajstić information content (AvgIpc) is 3.30. The Balaban J connectivity index is 4.37. The Labute approximate surface area is 398 Å². The van der Waals surface area contributed by atoms with Crippen LogP contribution >= 0.6 is 0 Å². The maximum atomic E-state index is 12.7. The summed E-state index contributed by atoms with van der Waals surface area (Å²) in [5.41, 5.74) is 0. The van der Waals surface area contributed by atoms with E-state index in [-0.39, 0.29) is 31.6 Å². The van der Waals surface area contributed by atoms with Gasteiger partial charge in [0.15, 0.2) is 6.10 Å². The number of carbonyl (C=O) groups is 3. The van der Waals surface area contributed by atoms with Crippen molar-refractivity contribution in [3.05, 3.63) is 134 Å². The normalized spacial score (nSPS) is 13.2. The molecule has 6 nitrogen and oxygen atoms in total. The molecule has 1 atom stereocenters. The van der Waals surface area contributed by atoms with Crippen LogP contribution in [0.2, 0.25) is 0 Å². The SMILES string of the molecule is CC/C=C\C/C=C\C/C=C\C/C=C\C/C=C\C/C=C\CCCCCCCCC(=O)OCC(COC(=O)CCCCCCCCC)OC(=O)C/C=C\C/C=C\C/C=C\C/C=C\C/C=C\CC. The van der Waals surface area contributed by atoms with Crippen LogP contribution in [0.4, 0.5) is 0 Å². The molecule has 0 N–H and O–H groups in total. The van der Waals surface area contributed by atoms with E-state index in [1.165, 1.54) is 38.5 Å². The summed E-state index contributed by atoms with van der Waals surface area (Å²) >= 11 is 0. The van der Waals surface area contributed by atoms with E-state index in [9.17, 15) is 14.4 Å². The summed E-state index contributed by atoms with van der Waals surface area (Å²) in [6.07, 6.45) is 73.4. The van der Waals surface area contributed by atoms with Gasteiger partial charge in [-0.15, -0.1) is 0 Å². The molecule has 0 rings (SSSR count). The maximum Gasteiger partial charge on any atom is 0.310 e. The third-order valence-electron chi connectivity index (χ3n) is 10.2. The maximum absolute atomic E-state index is 12.7. The molecule has 0 amide bonds. The number of unbranched alkanes of at least 4 members (excludes halogenated alkanes) is 12. The highest BCUT2D eigenvalue weighted by Crippen LogP contribution is 2.12. The molecule has 65 heavy (non-hydrogen) atoms. The minimum Gasteiger partial charge on any atom is -0.462 e. The van der Waals surface area contributed by atoms with Crippen molar-refractivity contribution in [2.45, 2.75) is 207 Å². The van der Waals surface area contributed by atoms with E-state index in [1.807, 2.05) is 6.08 Å². The predicted octanol–water partition coefficient (Wildman–Crippen LogP) is 17.1. The Morgan fingerprint density at radius 3 is 1.02 bits per heavy atom. The third kappa shape index (κ3) is 50.4. The van der Waals surface area contributed by atoms with Crippen LogP contribution in [0.5, 0.6) is 0 Å². The van der Waals surface area contributed by atoms with Crippen molar-refractivity contribution < 1.29 is 28.6 Å². The first-order valence-corrected chi connectivity index (χ1v) is 25.7. The Bertz CT molecular complexity index is 1450. The molecule has 0 aromatic heterocycles. The third-order valence-corrected chi connectivity index (χ3v) is 10.2. The number of allylic oxidation sites excluding steroid dienone is 21. The lowest BCUT2D eigenvalue weighted by molar-refractivity contribution is -0.166. The van der Waals surface area contributed by atoms with Crippen LogP contribution in [0.1, 0.15) is 201 Å². The monoisotopic (exact) mass is 897 g/mol. The van der Waals surface area contributed by atoms with Crippen LogP contribution in [0.3, 0.4) is 0 Å². The van der Waals surface area contributed by atoms with Gasteiger partial charge in [-0.25, -0.2) is 0 Å². The van der Waals surface area contributed by atoms with Crippen molar-refractivity contribution >= 4 is 17.9 Å². The van der Waals surface area contributed by atoms with Gasteiger partial charge in [-0.2, -0.15) is 0 Å². The molecule has 364 valence electrons. The van der Waals surface area contributed by atoms with Crippen molar-refractivity contribution in [2.75, 3.05) is 13.2 Å². The number of ether oxygens (including phenoxy) is 3. The first-order valence-electron chi connectivity index (χ1n) is 25.7.